The molecule has 4 rings (SSSR count). The van der Waals surface area contributed by atoms with Crippen LogP contribution in [0.3, 0.4) is 0 Å². The average molecular weight is 369 g/mol. The van der Waals surface area contributed by atoms with Crippen molar-refractivity contribution < 1.29 is 9.31 Å². The number of nitrogens with zero attached hydrogens (tertiary/aromatic N) is 5. The predicted octanol–water partition coefficient (Wildman–Crippen LogP) is 3.06. The normalized spacial score (nSPS) is 17.3. The predicted molar refractivity (Wildman–Crippen MR) is 98.2 cm³/mol. The van der Waals surface area contributed by atoms with E-state index >= 15 is 0 Å². The van der Waals surface area contributed by atoms with Gasteiger partial charge < -0.3 is 0 Å². The van der Waals surface area contributed by atoms with Crippen molar-refractivity contribution in [3.05, 3.63) is 63.0 Å². The fraction of sp³-hybridized carbons (Fsp3) is 0.421. The maximum Gasteiger partial charge on any atom is 0.269 e. The topological polar surface area (TPSA) is 84.5 Å². The van der Waals surface area contributed by atoms with Crippen LogP contribution in [-0.2, 0) is 19.5 Å². The fourth-order valence-corrected chi connectivity index (χ4v) is 3.57. The molecule has 0 bridgehead atoms. The number of nitro benzene ring substituents is 1. The van der Waals surface area contributed by atoms with E-state index in [1.807, 2.05) is 6.20 Å². The highest BCUT2D eigenvalue weighted by molar-refractivity contribution is 5.97. The molecule has 0 amide bonds. The van der Waals surface area contributed by atoms with Crippen LogP contribution in [0.5, 0.6) is 0 Å². The minimum absolute atomic E-state index is 0.0926. The van der Waals surface area contributed by atoms with Gasteiger partial charge in [-0.2, -0.15) is 0 Å². The lowest BCUT2D eigenvalue weighted by Gasteiger charge is -2.28. The molecule has 0 radical (unpaired) electrons. The van der Waals surface area contributed by atoms with Gasteiger partial charge in [0.15, 0.2) is 5.82 Å². The van der Waals surface area contributed by atoms with Crippen LogP contribution in [0.25, 0.3) is 0 Å². The number of benzene rings is 1. The SMILES string of the molecule is O=[N+]([O-])c1ccc(F)c(CN2CCc3nc(C4=NCCCC4)ncc3C2)c1. The summed E-state index contributed by atoms with van der Waals surface area (Å²) < 4.78 is 14.1. The van der Waals surface area contributed by atoms with Gasteiger partial charge >= 0.3 is 0 Å². The molecule has 0 spiro atoms. The summed E-state index contributed by atoms with van der Waals surface area (Å²) in [5.41, 5.74) is 3.27. The van der Waals surface area contributed by atoms with E-state index in [1.165, 1.54) is 12.1 Å². The molecule has 3 heterocycles. The quantitative estimate of drug-likeness (QED) is 0.611. The summed E-state index contributed by atoms with van der Waals surface area (Å²) in [7, 11) is 0. The molecule has 8 heteroatoms. The number of hydrogen-bond acceptors (Lipinski definition) is 6. The molecule has 2 aromatic rings. The number of halogens is 1. The van der Waals surface area contributed by atoms with Gasteiger partial charge in [-0.25, -0.2) is 14.4 Å². The Balaban J connectivity index is 1.50. The van der Waals surface area contributed by atoms with E-state index in [-0.39, 0.29) is 5.69 Å². The molecule has 2 aliphatic heterocycles. The molecule has 1 aromatic carbocycles. The summed E-state index contributed by atoms with van der Waals surface area (Å²) in [5, 5.41) is 10.9. The van der Waals surface area contributed by atoms with Gasteiger partial charge in [0, 0.05) is 62.1 Å². The number of rotatable bonds is 4. The van der Waals surface area contributed by atoms with Crippen LogP contribution in [-0.4, -0.2) is 38.6 Å². The van der Waals surface area contributed by atoms with Gasteiger partial charge in [0.2, 0.25) is 0 Å². The Morgan fingerprint density at radius 2 is 2.15 bits per heavy atom. The lowest BCUT2D eigenvalue weighted by atomic mass is 10.0. The summed E-state index contributed by atoms with van der Waals surface area (Å²) in [6.07, 6.45) is 5.76. The third kappa shape index (κ3) is 3.85. The highest BCUT2D eigenvalue weighted by Gasteiger charge is 2.22. The van der Waals surface area contributed by atoms with Crippen molar-refractivity contribution in [2.45, 2.75) is 38.8 Å². The molecule has 1 aromatic heterocycles. The first-order valence-electron chi connectivity index (χ1n) is 9.14. The monoisotopic (exact) mass is 369 g/mol. The van der Waals surface area contributed by atoms with E-state index in [0.717, 1.165) is 67.6 Å². The Bertz CT molecular complexity index is 915. The molecule has 0 saturated carbocycles. The van der Waals surface area contributed by atoms with Crippen LogP contribution in [0.1, 0.15) is 41.9 Å². The molecule has 0 aliphatic carbocycles. The standard InChI is InChI=1S/C19H20FN5O2/c20-16-5-4-15(25(26)27)9-13(16)11-24-8-6-17-14(12-24)10-22-19(23-17)18-3-1-2-7-21-18/h4-5,9-10H,1-3,6-8,11-12H2. The van der Waals surface area contributed by atoms with Gasteiger partial charge in [0.1, 0.15) is 5.82 Å². The first kappa shape index (κ1) is 17.7. The lowest BCUT2D eigenvalue weighted by Crippen LogP contribution is -2.31. The van der Waals surface area contributed by atoms with Crippen molar-refractivity contribution in [3.63, 3.8) is 0 Å². The number of aliphatic imine (C=N–C) groups is 1. The van der Waals surface area contributed by atoms with Gasteiger partial charge in [-0.3, -0.25) is 20.0 Å². The zero-order chi connectivity index (χ0) is 18.8. The summed E-state index contributed by atoms with van der Waals surface area (Å²) in [5.74, 6) is 0.305. The van der Waals surface area contributed by atoms with Crippen LogP contribution in [0.4, 0.5) is 10.1 Å². The first-order chi connectivity index (χ1) is 13.1. The molecule has 0 atom stereocenters. The van der Waals surface area contributed by atoms with Crippen molar-refractivity contribution in [3.8, 4) is 0 Å². The number of hydrogen-bond donors (Lipinski definition) is 0. The Morgan fingerprint density at radius 3 is 2.93 bits per heavy atom. The van der Waals surface area contributed by atoms with Crippen molar-refractivity contribution in [1.29, 1.82) is 0 Å². The maximum absolute atomic E-state index is 14.1. The molecule has 0 saturated heterocycles. The fourth-order valence-electron chi connectivity index (χ4n) is 3.57. The molecule has 27 heavy (non-hydrogen) atoms. The van der Waals surface area contributed by atoms with Crippen LogP contribution in [0, 0.1) is 15.9 Å². The Morgan fingerprint density at radius 1 is 1.26 bits per heavy atom. The second-order valence-corrected chi connectivity index (χ2v) is 6.94. The molecular formula is C19H20FN5O2. The summed E-state index contributed by atoms with van der Waals surface area (Å²) in [6.45, 7) is 2.49. The Labute approximate surface area is 156 Å². The molecular weight excluding hydrogens is 349 g/mol. The van der Waals surface area contributed by atoms with Crippen molar-refractivity contribution >= 4 is 11.4 Å². The van der Waals surface area contributed by atoms with Crippen LogP contribution in [0.2, 0.25) is 0 Å². The maximum atomic E-state index is 14.1. The summed E-state index contributed by atoms with van der Waals surface area (Å²) in [6, 6.07) is 3.66. The number of non-ortho nitro benzene ring substituents is 1. The van der Waals surface area contributed by atoms with Gasteiger partial charge in [-0.05, 0) is 25.3 Å². The summed E-state index contributed by atoms with van der Waals surface area (Å²) in [4.78, 5) is 26.2. The largest absolute Gasteiger partial charge is 0.294 e. The molecule has 0 unspecified atom stereocenters. The van der Waals surface area contributed by atoms with Crippen molar-refractivity contribution in [2.24, 2.45) is 4.99 Å². The second-order valence-electron chi connectivity index (χ2n) is 6.94. The van der Waals surface area contributed by atoms with Crippen molar-refractivity contribution in [2.75, 3.05) is 13.1 Å². The smallest absolute Gasteiger partial charge is 0.269 e. The van der Waals surface area contributed by atoms with Gasteiger partial charge in [0.25, 0.3) is 5.69 Å². The Kier molecular flexibility index (Phi) is 4.89. The minimum Gasteiger partial charge on any atom is -0.294 e. The number of fused-ring (bicyclic) bond motifs is 1. The van der Waals surface area contributed by atoms with E-state index < -0.39 is 10.7 Å². The second kappa shape index (κ2) is 7.48. The molecule has 140 valence electrons. The average Bonchev–Trinajstić information content (AvgIpc) is 2.69. The highest BCUT2D eigenvalue weighted by Crippen LogP contribution is 2.23. The van der Waals surface area contributed by atoms with Gasteiger partial charge in [0.05, 0.1) is 16.3 Å². The third-order valence-corrected chi connectivity index (χ3v) is 5.03. The molecule has 7 nitrogen and oxygen atoms in total. The van der Waals surface area contributed by atoms with Gasteiger partial charge in [-0.1, -0.05) is 0 Å². The van der Waals surface area contributed by atoms with E-state index in [1.54, 1.807) is 0 Å². The van der Waals surface area contributed by atoms with E-state index in [0.29, 0.717) is 18.7 Å². The molecule has 2 aliphatic rings. The lowest BCUT2D eigenvalue weighted by molar-refractivity contribution is -0.385. The molecule has 0 fully saturated rings. The molecule has 0 N–H and O–H groups in total. The zero-order valence-corrected chi connectivity index (χ0v) is 14.9. The van der Waals surface area contributed by atoms with E-state index in [9.17, 15) is 14.5 Å². The van der Waals surface area contributed by atoms with E-state index in [2.05, 4.69) is 14.9 Å². The van der Waals surface area contributed by atoms with E-state index in [4.69, 9.17) is 4.98 Å². The Hall–Kier alpha value is -2.74. The van der Waals surface area contributed by atoms with Crippen molar-refractivity contribution in [1.82, 2.24) is 14.9 Å². The summed E-state index contributed by atoms with van der Waals surface area (Å²) >= 11 is 0. The zero-order valence-electron chi connectivity index (χ0n) is 14.9. The first-order valence-corrected chi connectivity index (χ1v) is 9.14. The van der Waals surface area contributed by atoms with Crippen LogP contribution >= 0.6 is 0 Å². The third-order valence-electron chi connectivity index (χ3n) is 5.03. The van der Waals surface area contributed by atoms with Gasteiger partial charge in [-0.15, -0.1) is 0 Å². The number of nitro groups is 1. The van der Waals surface area contributed by atoms with Crippen LogP contribution in [0.15, 0.2) is 29.4 Å². The number of aromatic nitrogens is 2. The highest BCUT2D eigenvalue weighted by atomic mass is 19.1. The van der Waals surface area contributed by atoms with Crippen LogP contribution < -0.4 is 0 Å². The minimum atomic E-state index is -0.502.